The van der Waals surface area contributed by atoms with Crippen molar-refractivity contribution in [1.82, 2.24) is 10.3 Å². The molecule has 0 radical (unpaired) electrons. The number of carbonyl (C=O) groups is 1. The first-order chi connectivity index (χ1) is 16.9. The molecule has 7 nitrogen and oxygen atoms in total. The Labute approximate surface area is 200 Å². The zero-order chi connectivity index (χ0) is 24.8. The van der Waals surface area contributed by atoms with Crippen molar-refractivity contribution in [3.8, 4) is 0 Å². The third-order valence-electron chi connectivity index (χ3n) is 5.51. The predicted octanol–water partition coefficient (Wildman–Crippen LogP) is 5.05. The summed E-state index contributed by atoms with van der Waals surface area (Å²) < 4.78 is 26.2. The summed E-state index contributed by atoms with van der Waals surface area (Å²) >= 11 is 0. The molecule has 1 aromatic heterocycles. The van der Waals surface area contributed by atoms with Crippen LogP contribution in [0.4, 0.5) is 20.3 Å². The monoisotopic (exact) mass is 476 g/mol. The summed E-state index contributed by atoms with van der Waals surface area (Å²) in [5.74, 6) is -1.31. The second-order valence-electron chi connectivity index (χ2n) is 7.89. The fourth-order valence-electron chi connectivity index (χ4n) is 3.77. The third kappa shape index (κ3) is 5.75. The maximum Gasteiger partial charge on any atom is 0.324 e. The van der Waals surface area contributed by atoms with Gasteiger partial charge >= 0.3 is 5.69 Å². The summed E-state index contributed by atoms with van der Waals surface area (Å²) in [6.07, 6.45) is 0.913. The Hall–Kier alpha value is -4.40. The molecule has 0 aliphatic heterocycles. The number of nitro groups is 1. The summed E-state index contributed by atoms with van der Waals surface area (Å²) in [7, 11) is 0. The molecule has 178 valence electrons. The van der Waals surface area contributed by atoms with E-state index in [9.17, 15) is 23.7 Å². The van der Waals surface area contributed by atoms with Crippen LogP contribution in [0.3, 0.4) is 0 Å². The van der Waals surface area contributed by atoms with Crippen LogP contribution in [0.25, 0.3) is 10.9 Å². The van der Waals surface area contributed by atoms with Crippen molar-refractivity contribution < 1.29 is 18.5 Å². The zero-order valence-electron chi connectivity index (χ0n) is 18.6. The lowest BCUT2D eigenvalue weighted by Crippen LogP contribution is -2.27. The van der Waals surface area contributed by atoms with E-state index in [1.54, 1.807) is 48.5 Å². The highest BCUT2D eigenvalue weighted by Gasteiger charge is 2.29. The minimum atomic E-state index is -0.617. The summed E-state index contributed by atoms with van der Waals surface area (Å²) in [4.78, 5) is 29.0. The molecular formula is C26H22F2N4O3. The molecule has 35 heavy (non-hydrogen) atoms. The van der Waals surface area contributed by atoms with Crippen LogP contribution in [0.1, 0.15) is 21.5 Å². The highest BCUT2D eigenvalue weighted by atomic mass is 19.1. The molecule has 0 unspecified atom stereocenters. The average Bonchev–Trinajstić information content (AvgIpc) is 2.85. The molecule has 1 heterocycles. The molecule has 0 spiro atoms. The minimum absolute atomic E-state index is 0.0144. The van der Waals surface area contributed by atoms with E-state index in [1.807, 2.05) is 0 Å². The van der Waals surface area contributed by atoms with Gasteiger partial charge in [0, 0.05) is 18.5 Å². The lowest BCUT2D eigenvalue weighted by molar-refractivity contribution is -0.384. The largest absolute Gasteiger partial charge is 0.364 e. The Bertz CT molecular complexity index is 1360. The van der Waals surface area contributed by atoms with Crippen LogP contribution in [-0.4, -0.2) is 28.9 Å². The molecular weight excluding hydrogens is 454 g/mol. The van der Waals surface area contributed by atoms with Gasteiger partial charge in [0.25, 0.3) is 5.91 Å². The van der Waals surface area contributed by atoms with Gasteiger partial charge in [0.05, 0.1) is 10.4 Å². The number of hydrogen-bond donors (Lipinski definition) is 2. The van der Waals surface area contributed by atoms with Crippen LogP contribution in [0, 0.1) is 21.7 Å². The number of rotatable bonds is 9. The SMILES string of the molecule is O=C(NCCc1ccc(F)cc1)c1c([N+](=O)[O-])c(NCCc2ccc(F)cc2)nc2ccccc12. The lowest BCUT2D eigenvalue weighted by Gasteiger charge is -2.13. The number of aromatic nitrogens is 1. The highest BCUT2D eigenvalue weighted by Crippen LogP contribution is 2.33. The summed E-state index contributed by atoms with van der Waals surface area (Å²) in [5.41, 5.74) is 1.61. The second-order valence-corrected chi connectivity index (χ2v) is 7.89. The zero-order valence-corrected chi connectivity index (χ0v) is 18.6. The molecule has 0 fully saturated rings. The van der Waals surface area contributed by atoms with E-state index in [2.05, 4.69) is 15.6 Å². The molecule has 0 atom stereocenters. The van der Waals surface area contributed by atoms with Gasteiger partial charge in [-0.2, -0.15) is 0 Å². The highest BCUT2D eigenvalue weighted by molar-refractivity contribution is 6.11. The molecule has 0 aliphatic rings. The lowest BCUT2D eigenvalue weighted by atomic mass is 10.1. The van der Waals surface area contributed by atoms with Crippen LogP contribution in [0.2, 0.25) is 0 Å². The number of benzene rings is 3. The van der Waals surface area contributed by atoms with E-state index < -0.39 is 16.5 Å². The fourth-order valence-corrected chi connectivity index (χ4v) is 3.77. The van der Waals surface area contributed by atoms with Crippen molar-refractivity contribution >= 4 is 28.3 Å². The van der Waals surface area contributed by atoms with Crippen molar-refractivity contribution in [2.24, 2.45) is 0 Å². The van der Waals surface area contributed by atoms with E-state index in [1.165, 1.54) is 24.3 Å². The first-order valence-electron chi connectivity index (χ1n) is 11.0. The molecule has 4 rings (SSSR count). The normalized spacial score (nSPS) is 10.8. The maximum atomic E-state index is 13.1. The number of nitrogens with one attached hydrogen (secondary N) is 2. The smallest absolute Gasteiger partial charge is 0.324 e. The first-order valence-corrected chi connectivity index (χ1v) is 11.0. The molecule has 3 aromatic carbocycles. The van der Waals surface area contributed by atoms with Crippen LogP contribution in [-0.2, 0) is 12.8 Å². The standard InChI is InChI=1S/C26H22F2N4O3/c27-19-9-5-17(6-10-19)13-15-29-25-24(32(34)35)23(21-3-1-2-4-22(21)31-25)26(33)30-16-14-18-7-11-20(28)12-8-18/h1-12H,13-16H2,(H,29,31)(H,30,33). The van der Waals surface area contributed by atoms with Crippen molar-refractivity contribution in [2.75, 3.05) is 18.4 Å². The van der Waals surface area contributed by atoms with E-state index in [-0.39, 0.29) is 29.6 Å². The molecule has 1 amide bonds. The molecule has 0 bridgehead atoms. The van der Waals surface area contributed by atoms with Crippen LogP contribution in [0.5, 0.6) is 0 Å². The Balaban J connectivity index is 1.58. The van der Waals surface area contributed by atoms with Crippen LogP contribution < -0.4 is 10.6 Å². The molecule has 0 aliphatic carbocycles. The van der Waals surface area contributed by atoms with Crippen molar-refractivity contribution in [3.05, 3.63) is 111 Å². The molecule has 4 aromatic rings. The van der Waals surface area contributed by atoms with E-state index in [0.29, 0.717) is 30.3 Å². The maximum absolute atomic E-state index is 13.1. The van der Waals surface area contributed by atoms with E-state index in [0.717, 1.165) is 11.1 Å². The third-order valence-corrected chi connectivity index (χ3v) is 5.51. The number of hydrogen-bond acceptors (Lipinski definition) is 5. The first kappa shape index (κ1) is 23.7. The Morgan fingerprint density at radius 3 is 2.03 bits per heavy atom. The number of nitrogens with zero attached hydrogens (tertiary/aromatic N) is 2. The molecule has 0 saturated heterocycles. The van der Waals surface area contributed by atoms with Gasteiger partial charge in [0.1, 0.15) is 17.2 Å². The summed E-state index contributed by atoms with van der Waals surface area (Å²) in [6.45, 7) is 0.509. The van der Waals surface area contributed by atoms with Gasteiger partial charge in [0.15, 0.2) is 0 Å². The number of carbonyl (C=O) groups excluding carboxylic acids is 1. The Morgan fingerprint density at radius 1 is 0.857 bits per heavy atom. The van der Waals surface area contributed by atoms with Gasteiger partial charge in [-0.1, -0.05) is 42.5 Å². The van der Waals surface area contributed by atoms with Crippen molar-refractivity contribution in [1.29, 1.82) is 0 Å². The van der Waals surface area contributed by atoms with Crippen LogP contribution in [0.15, 0.2) is 72.8 Å². The van der Waals surface area contributed by atoms with Gasteiger partial charge in [-0.05, 0) is 54.3 Å². The van der Waals surface area contributed by atoms with Gasteiger partial charge in [-0.15, -0.1) is 0 Å². The van der Waals surface area contributed by atoms with Gasteiger partial charge in [-0.25, -0.2) is 13.8 Å². The number of fused-ring (bicyclic) bond motifs is 1. The molecule has 2 N–H and O–H groups in total. The quantitative estimate of drug-likeness (QED) is 0.260. The molecule has 0 saturated carbocycles. The number of pyridine rings is 1. The van der Waals surface area contributed by atoms with Crippen molar-refractivity contribution in [2.45, 2.75) is 12.8 Å². The van der Waals surface area contributed by atoms with Gasteiger partial charge in [0.2, 0.25) is 5.82 Å². The fraction of sp³-hybridized carbons (Fsp3) is 0.154. The second kappa shape index (κ2) is 10.7. The number of para-hydroxylation sites is 1. The number of anilines is 1. The summed E-state index contributed by atoms with van der Waals surface area (Å²) in [6, 6.07) is 18.6. The summed E-state index contributed by atoms with van der Waals surface area (Å²) in [5, 5.41) is 18.1. The van der Waals surface area contributed by atoms with Crippen LogP contribution >= 0.6 is 0 Å². The number of halogens is 2. The van der Waals surface area contributed by atoms with Crippen molar-refractivity contribution in [3.63, 3.8) is 0 Å². The Kier molecular flexibility index (Phi) is 7.25. The predicted molar refractivity (Wildman–Crippen MR) is 129 cm³/mol. The average molecular weight is 476 g/mol. The number of amides is 1. The minimum Gasteiger partial charge on any atom is -0.364 e. The van der Waals surface area contributed by atoms with Gasteiger partial charge < -0.3 is 10.6 Å². The van der Waals surface area contributed by atoms with E-state index in [4.69, 9.17) is 0 Å². The molecule has 9 heteroatoms. The Morgan fingerprint density at radius 2 is 1.43 bits per heavy atom. The van der Waals surface area contributed by atoms with E-state index >= 15 is 0 Å². The van der Waals surface area contributed by atoms with Gasteiger partial charge in [-0.3, -0.25) is 14.9 Å². The topological polar surface area (TPSA) is 97.2 Å².